The van der Waals surface area contributed by atoms with E-state index < -0.39 is 0 Å². The number of ether oxygens (including phenoxy) is 1. The zero-order valence-electron chi connectivity index (χ0n) is 8.54. The average Bonchev–Trinajstić information content (AvgIpc) is 2.12. The predicted molar refractivity (Wildman–Crippen MR) is 55.3 cm³/mol. The number of carbonyl (C=O) groups excluding carboxylic acids is 1. The first-order valence-corrected chi connectivity index (χ1v) is 4.59. The van der Waals surface area contributed by atoms with Gasteiger partial charge in [0.05, 0.1) is 5.56 Å². The molecule has 0 saturated carbocycles. The third-order valence-electron chi connectivity index (χ3n) is 1.81. The minimum absolute atomic E-state index is 0.270. The van der Waals surface area contributed by atoms with Crippen LogP contribution in [-0.4, -0.2) is 19.1 Å². The van der Waals surface area contributed by atoms with Crippen molar-refractivity contribution in [3.05, 3.63) is 34.9 Å². The van der Waals surface area contributed by atoms with Crippen LogP contribution in [0.25, 0.3) is 0 Å². The molecule has 3 nitrogen and oxygen atoms in total. The molecule has 0 aliphatic rings. The molecule has 0 fully saturated rings. The third-order valence-corrected chi connectivity index (χ3v) is 1.81. The van der Waals surface area contributed by atoms with Crippen LogP contribution in [0.5, 0.6) is 0 Å². The fourth-order valence-electron chi connectivity index (χ4n) is 1.33. The van der Waals surface area contributed by atoms with E-state index >= 15 is 0 Å². The number of aryl methyl sites for hydroxylation is 2. The summed E-state index contributed by atoms with van der Waals surface area (Å²) < 4.78 is 4.92. The van der Waals surface area contributed by atoms with Crippen LogP contribution in [0.2, 0.25) is 0 Å². The topological polar surface area (TPSA) is 52.3 Å². The van der Waals surface area contributed by atoms with Crippen LogP contribution in [0, 0.1) is 13.8 Å². The van der Waals surface area contributed by atoms with Crippen molar-refractivity contribution in [2.75, 3.05) is 13.2 Å². The van der Waals surface area contributed by atoms with E-state index in [1.807, 2.05) is 32.0 Å². The second-order valence-corrected chi connectivity index (χ2v) is 3.30. The van der Waals surface area contributed by atoms with Crippen LogP contribution in [-0.2, 0) is 4.74 Å². The molecule has 0 aliphatic heterocycles. The first kappa shape index (κ1) is 10.7. The molecule has 0 radical (unpaired) electrons. The van der Waals surface area contributed by atoms with Crippen molar-refractivity contribution in [2.45, 2.75) is 13.8 Å². The summed E-state index contributed by atoms with van der Waals surface area (Å²) in [6.07, 6.45) is 0. The lowest BCUT2D eigenvalue weighted by atomic mass is 10.1. The summed E-state index contributed by atoms with van der Waals surface area (Å²) in [7, 11) is 0. The highest BCUT2D eigenvalue weighted by molar-refractivity contribution is 5.89. The molecule has 0 amide bonds. The van der Waals surface area contributed by atoms with Gasteiger partial charge in [0, 0.05) is 6.54 Å². The second-order valence-electron chi connectivity index (χ2n) is 3.30. The predicted octanol–water partition coefficient (Wildman–Crippen LogP) is 1.42. The SMILES string of the molecule is Cc1cc(C)cc(C(=O)OCCN)c1. The highest BCUT2D eigenvalue weighted by atomic mass is 16.5. The van der Waals surface area contributed by atoms with Crippen LogP contribution >= 0.6 is 0 Å². The van der Waals surface area contributed by atoms with Gasteiger partial charge in [-0.25, -0.2) is 4.79 Å². The quantitative estimate of drug-likeness (QED) is 0.738. The van der Waals surface area contributed by atoms with Crippen LogP contribution in [0.1, 0.15) is 21.5 Å². The zero-order valence-corrected chi connectivity index (χ0v) is 8.54. The van der Waals surface area contributed by atoms with Gasteiger partial charge < -0.3 is 10.5 Å². The van der Waals surface area contributed by atoms with Gasteiger partial charge in [0.25, 0.3) is 0 Å². The second kappa shape index (κ2) is 4.77. The summed E-state index contributed by atoms with van der Waals surface area (Å²) in [6.45, 7) is 4.53. The molecular formula is C11H15NO2. The van der Waals surface area contributed by atoms with Crippen molar-refractivity contribution in [2.24, 2.45) is 5.73 Å². The Bertz CT molecular complexity index is 314. The molecular weight excluding hydrogens is 178 g/mol. The van der Waals surface area contributed by atoms with Crippen LogP contribution in [0.3, 0.4) is 0 Å². The Morgan fingerprint density at radius 1 is 1.29 bits per heavy atom. The van der Waals surface area contributed by atoms with Gasteiger partial charge in [-0.1, -0.05) is 17.2 Å². The molecule has 0 saturated heterocycles. The van der Waals surface area contributed by atoms with Gasteiger partial charge in [0.1, 0.15) is 6.61 Å². The summed E-state index contributed by atoms with van der Waals surface area (Å²) in [5, 5.41) is 0. The van der Waals surface area contributed by atoms with Gasteiger partial charge in [-0.15, -0.1) is 0 Å². The minimum atomic E-state index is -0.303. The van der Waals surface area contributed by atoms with Gasteiger partial charge >= 0.3 is 5.97 Å². The highest BCUT2D eigenvalue weighted by Crippen LogP contribution is 2.09. The van der Waals surface area contributed by atoms with E-state index in [-0.39, 0.29) is 12.6 Å². The van der Waals surface area contributed by atoms with E-state index in [1.165, 1.54) is 0 Å². The zero-order chi connectivity index (χ0) is 10.6. The Morgan fingerprint density at radius 2 is 1.86 bits per heavy atom. The Kier molecular flexibility index (Phi) is 3.65. The lowest BCUT2D eigenvalue weighted by Crippen LogP contribution is -2.13. The Morgan fingerprint density at radius 3 is 2.36 bits per heavy atom. The molecule has 2 N–H and O–H groups in total. The molecule has 76 valence electrons. The molecule has 0 aliphatic carbocycles. The first-order valence-electron chi connectivity index (χ1n) is 4.59. The number of hydrogen-bond donors (Lipinski definition) is 1. The number of rotatable bonds is 3. The summed E-state index contributed by atoms with van der Waals surface area (Å²) >= 11 is 0. The number of esters is 1. The molecule has 0 heterocycles. The van der Waals surface area contributed by atoms with E-state index in [1.54, 1.807) is 0 Å². The summed E-state index contributed by atoms with van der Waals surface area (Å²) in [5.74, 6) is -0.303. The van der Waals surface area contributed by atoms with Gasteiger partial charge in [0.2, 0.25) is 0 Å². The molecule has 0 aromatic heterocycles. The van der Waals surface area contributed by atoms with Gasteiger partial charge in [-0.05, 0) is 26.0 Å². The largest absolute Gasteiger partial charge is 0.461 e. The summed E-state index contributed by atoms with van der Waals surface area (Å²) in [6, 6.07) is 5.64. The van der Waals surface area contributed by atoms with Crippen molar-refractivity contribution >= 4 is 5.97 Å². The van der Waals surface area contributed by atoms with E-state index in [0.29, 0.717) is 12.1 Å². The molecule has 1 aromatic rings. The maximum atomic E-state index is 11.4. The van der Waals surface area contributed by atoms with Gasteiger partial charge in [-0.3, -0.25) is 0 Å². The normalized spacial score (nSPS) is 9.93. The monoisotopic (exact) mass is 193 g/mol. The van der Waals surface area contributed by atoms with E-state index in [9.17, 15) is 4.79 Å². The third kappa shape index (κ3) is 2.85. The number of benzene rings is 1. The average molecular weight is 193 g/mol. The van der Waals surface area contributed by atoms with Crippen molar-refractivity contribution in [3.8, 4) is 0 Å². The number of hydrogen-bond acceptors (Lipinski definition) is 3. The molecule has 1 aromatic carbocycles. The molecule has 1 rings (SSSR count). The van der Waals surface area contributed by atoms with Crippen LogP contribution in [0.4, 0.5) is 0 Å². The first-order chi connectivity index (χ1) is 6.63. The van der Waals surface area contributed by atoms with Crippen LogP contribution < -0.4 is 5.73 Å². The fourth-order valence-corrected chi connectivity index (χ4v) is 1.33. The maximum Gasteiger partial charge on any atom is 0.338 e. The molecule has 0 bridgehead atoms. The van der Waals surface area contributed by atoms with Crippen molar-refractivity contribution < 1.29 is 9.53 Å². The standard InChI is InChI=1S/C11H15NO2/c1-8-5-9(2)7-10(6-8)11(13)14-4-3-12/h5-7H,3-4,12H2,1-2H3. The molecule has 0 atom stereocenters. The van der Waals surface area contributed by atoms with E-state index in [0.717, 1.165) is 11.1 Å². The van der Waals surface area contributed by atoms with Gasteiger partial charge in [0.15, 0.2) is 0 Å². The Labute approximate surface area is 83.9 Å². The summed E-state index contributed by atoms with van der Waals surface area (Å²) in [4.78, 5) is 11.4. The number of carbonyl (C=O) groups is 1. The molecule has 0 spiro atoms. The molecule has 0 unspecified atom stereocenters. The lowest BCUT2D eigenvalue weighted by Gasteiger charge is -2.05. The van der Waals surface area contributed by atoms with Crippen molar-refractivity contribution in [1.82, 2.24) is 0 Å². The van der Waals surface area contributed by atoms with Crippen molar-refractivity contribution in [3.63, 3.8) is 0 Å². The highest BCUT2D eigenvalue weighted by Gasteiger charge is 2.06. The lowest BCUT2D eigenvalue weighted by molar-refractivity contribution is 0.0516. The van der Waals surface area contributed by atoms with E-state index in [4.69, 9.17) is 10.5 Å². The molecule has 14 heavy (non-hydrogen) atoms. The van der Waals surface area contributed by atoms with E-state index in [2.05, 4.69) is 0 Å². The van der Waals surface area contributed by atoms with Crippen LogP contribution in [0.15, 0.2) is 18.2 Å². The Hall–Kier alpha value is -1.35. The minimum Gasteiger partial charge on any atom is -0.461 e. The number of nitrogens with two attached hydrogens (primary N) is 1. The van der Waals surface area contributed by atoms with Gasteiger partial charge in [-0.2, -0.15) is 0 Å². The fraction of sp³-hybridized carbons (Fsp3) is 0.364. The smallest absolute Gasteiger partial charge is 0.338 e. The maximum absolute atomic E-state index is 11.4. The van der Waals surface area contributed by atoms with Crippen molar-refractivity contribution in [1.29, 1.82) is 0 Å². The molecule has 3 heteroatoms. The Balaban J connectivity index is 2.79. The summed E-state index contributed by atoms with van der Waals surface area (Å²) in [5.41, 5.74) is 7.95.